The number of benzene rings is 5. The minimum absolute atomic E-state index is 0.0336. The monoisotopic (exact) mass is 738 g/mol. The van der Waals surface area contributed by atoms with Gasteiger partial charge in [-0.05, 0) is 80.4 Å². The minimum atomic E-state index is -4.02. The zero-order chi connectivity index (χ0) is 37.5. The van der Waals surface area contributed by atoms with E-state index < -0.39 is 26.2 Å². The number of carbonyl (C=O) groups is 2. The van der Waals surface area contributed by atoms with Gasteiger partial charge >= 0.3 is 6.03 Å². The molecule has 6 aromatic rings. The van der Waals surface area contributed by atoms with Gasteiger partial charge in [0.1, 0.15) is 5.82 Å². The highest BCUT2D eigenvalue weighted by atomic mass is 32.2. The van der Waals surface area contributed by atoms with Gasteiger partial charge in [-0.1, -0.05) is 84.8 Å². The Kier molecular flexibility index (Phi) is 11.7. The van der Waals surface area contributed by atoms with Crippen molar-refractivity contribution in [2.45, 2.75) is 43.4 Å². The number of fused-ring (bicyclic) bond motifs is 1. The minimum Gasteiger partial charge on any atom is -0.337 e. The Bertz CT molecular complexity index is 2410. The molecule has 0 spiro atoms. The van der Waals surface area contributed by atoms with E-state index in [1.54, 1.807) is 36.4 Å². The average molecular weight is 739 g/mol. The van der Waals surface area contributed by atoms with Gasteiger partial charge < -0.3 is 5.32 Å². The molecule has 0 aliphatic heterocycles. The summed E-state index contributed by atoms with van der Waals surface area (Å²) in [6.07, 6.45) is 1.23. The van der Waals surface area contributed by atoms with Crippen molar-refractivity contribution in [3.05, 3.63) is 155 Å². The third kappa shape index (κ3) is 9.37. The number of hydrogen-bond donors (Lipinski definition) is 3. The van der Waals surface area contributed by atoms with Crippen LogP contribution in [0, 0.1) is 13.8 Å². The number of rotatable bonds is 10. The highest BCUT2D eigenvalue weighted by Crippen LogP contribution is 2.25. The van der Waals surface area contributed by atoms with Crippen LogP contribution in [0.3, 0.4) is 0 Å². The summed E-state index contributed by atoms with van der Waals surface area (Å²) in [6, 6.07) is 34.2. The summed E-state index contributed by atoms with van der Waals surface area (Å²) in [5, 5.41) is 2.61. The van der Waals surface area contributed by atoms with Crippen LogP contribution in [0.25, 0.3) is 16.7 Å². The molecule has 0 aliphatic rings. The summed E-state index contributed by atoms with van der Waals surface area (Å²) in [7, 11) is -7.96. The lowest BCUT2D eigenvalue weighted by Gasteiger charge is -2.11. The maximum Gasteiger partial charge on any atom is 0.328 e. The standard InChI is InChI=1S/C32H30N4O4S.C7H8O3S/c1-3-30-34-28-21-25(31(37)24-7-5-4-6-8-24)13-18-29(28)36(30)26-14-11-23(12-15-26)19-20-33-32(38)35-41(39,40)27-16-9-22(2)10-17-27;1-6-2-4-7(5-3-6)11(8,9)10/h4-18,21H,3,19-20H2,1-2H3,(H2,33,35,38);2-5H,1H3,(H,8,9,10). The van der Waals surface area contributed by atoms with Crippen LogP contribution in [0.5, 0.6) is 0 Å². The Balaban J connectivity index is 0.000000407. The van der Waals surface area contributed by atoms with Crippen LogP contribution in [-0.2, 0) is 33.0 Å². The van der Waals surface area contributed by atoms with Crippen molar-refractivity contribution in [3.8, 4) is 5.69 Å². The van der Waals surface area contributed by atoms with E-state index in [-0.39, 0.29) is 22.1 Å². The molecule has 0 unspecified atom stereocenters. The SMILES string of the molecule is CCc1nc2cc(C(=O)c3ccccc3)ccc2n1-c1ccc(CCNC(=O)NS(=O)(=O)c2ccc(C)cc2)cc1.Cc1ccc(S(=O)(=O)O)cc1. The second-order valence-corrected chi connectivity index (χ2v) is 15.1. The third-order valence-electron chi connectivity index (χ3n) is 8.11. The van der Waals surface area contributed by atoms with E-state index in [4.69, 9.17) is 9.54 Å². The number of aromatic nitrogens is 2. The van der Waals surface area contributed by atoms with Gasteiger partial charge in [0.25, 0.3) is 20.1 Å². The molecule has 6 rings (SSSR count). The lowest BCUT2D eigenvalue weighted by molar-refractivity contribution is 0.103. The lowest BCUT2D eigenvalue weighted by Crippen LogP contribution is -2.40. The van der Waals surface area contributed by atoms with Crippen LogP contribution in [-0.4, -0.2) is 49.3 Å². The summed E-state index contributed by atoms with van der Waals surface area (Å²) in [5.74, 6) is 0.838. The topological polar surface area (TPSA) is 165 Å². The number of urea groups is 1. The van der Waals surface area contributed by atoms with E-state index in [1.807, 2.05) is 86.2 Å². The predicted octanol–water partition coefficient (Wildman–Crippen LogP) is 6.60. The molecule has 5 aromatic carbocycles. The van der Waals surface area contributed by atoms with E-state index in [2.05, 4.69) is 9.88 Å². The van der Waals surface area contributed by atoms with Crippen molar-refractivity contribution in [1.82, 2.24) is 19.6 Å². The van der Waals surface area contributed by atoms with Crippen molar-refractivity contribution in [3.63, 3.8) is 0 Å². The van der Waals surface area contributed by atoms with Gasteiger partial charge in [-0.3, -0.25) is 13.9 Å². The summed E-state index contributed by atoms with van der Waals surface area (Å²) in [5.41, 5.74) is 6.69. The third-order valence-corrected chi connectivity index (χ3v) is 10.3. The van der Waals surface area contributed by atoms with Crippen LogP contribution in [0.15, 0.2) is 131 Å². The van der Waals surface area contributed by atoms with Crippen molar-refractivity contribution in [2.24, 2.45) is 0 Å². The molecule has 3 N–H and O–H groups in total. The van der Waals surface area contributed by atoms with Gasteiger partial charge in [-0.2, -0.15) is 8.42 Å². The molecule has 1 heterocycles. The Hall–Kier alpha value is -5.63. The molecule has 0 saturated heterocycles. The number of aryl methyl sites for hydroxylation is 3. The molecule has 268 valence electrons. The van der Waals surface area contributed by atoms with Gasteiger partial charge in [0.2, 0.25) is 0 Å². The molecule has 1 aromatic heterocycles. The van der Waals surface area contributed by atoms with E-state index in [0.29, 0.717) is 24.0 Å². The number of nitrogens with zero attached hydrogens (tertiary/aromatic N) is 2. The normalized spacial score (nSPS) is 11.4. The Morgan fingerprint density at radius 2 is 1.33 bits per heavy atom. The number of sulfonamides is 1. The lowest BCUT2D eigenvalue weighted by atomic mass is 10.0. The van der Waals surface area contributed by atoms with Gasteiger partial charge in [0, 0.05) is 29.8 Å². The highest BCUT2D eigenvalue weighted by Gasteiger charge is 2.18. The van der Waals surface area contributed by atoms with Crippen LogP contribution >= 0.6 is 0 Å². The maximum atomic E-state index is 12.9. The summed E-state index contributed by atoms with van der Waals surface area (Å²) in [4.78, 5) is 29.9. The summed E-state index contributed by atoms with van der Waals surface area (Å²) < 4.78 is 58.5. The molecule has 52 heavy (non-hydrogen) atoms. The van der Waals surface area contributed by atoms with Crippen LogP contribution in [0.1, 0.15) is 45.4 Å². The smallest absolute Gasteiger partial charge is 0.328 e. The molecular weight excluding hydrogens is 701 g/mol. The predicted molar refractivity (Wildman–Crippen MR) is 200 cm³/mol. The molecule has 0 aliphatic carbocycles. The molecule has 0 atom stereocenters. The van der Waals surface area contributed by atoms with Gasteiger partial charge in [-0.15, -0.1) is 0 Å². The fourth-order valence-corrected chi connectivity index (χ4v) is 6.74. The number of imidazole rings is 1. The molecular formula is C39H38N4O7S2. The molecule has 0 bridgehead atoms. The van der Waals surface area contributed by atoms with Crippen LogP contribution in [0.4, 0.5) is 4.79 Å². The Morgan fingerprint density at radius 1 is 0.731 bits per heavy atom. The molecule has 13 heteroatoms. The second-order valence-electron chi connectivity index (χ2n) is 12.0. The highest BCUT2D eigenvalue weighted by molar-refractivity contribution is 7.90. The molecule has 0 saturated carbocycles. The Labute approximate surface area is 303 Å². The zero-order valence-electron chi connectivity index (χ0n) is 28.8. The largest absolute Gasteiger partial charge is 0.337 e. The molecule has 0 radical (unpaired) electrons. The number of carbonyl (C=O) groups excluding carboxylic acids is 2. The summed E-state index contributed by atoms with van der Waals surface area (Å²) in [6.45, 7) is 6.00. The molecule has 0 fully saturated rings. The van der Waals surface area contributed by atoms with Crippen LogP contribution in [0.2, 0.25) is 0 Å². The van der Waals surface area contributed by atoms with E-state index in [1.165, 1.54) is 24.3 Å². The van der Waals surface area contributed by atoms with Gasteiger partial charge in [-0.25, -0.2) is 22.9 Å². The fraction of sp³-hybridized carbons (Fsp3) is 0.154. The van der Waals surface area contributed by atoms with E-state index >= 15 is 0 Å². The summed E-state index contributed by atoms with van der Waals surface area (Å²) >= 11 is 0. The fourth-order valence-electron chi connectivity index (χ4n) is 5.33. The number of hydrogen-bond acceptors (Lipinski definition) is 7. The number of amides is 2. The number of nitrogens with one attached hydrogen (secondary N) is 2. The first kappa shape index (κ1) is 37.6. The van der Waals surface area contributed by atoms with E-state index in [9.17, 15) is 26.4 Å². The van der Waals surface area contributed by atoms with Gasteiger partial charge in [0.15, 0.2) is 5.78 Å². The van der Waals surface area contributed by atoms with Crippen LogP contribution < -0.4 is 10.0 Å². The Morgan fingerprint density at radius 3 is 1.90 bits per heavy atom. The van der Waals surface area contributed by atoms with Crippen molar-refractivity contribution < 1.29 is 31.0 Å². The number of ketones is 1. The van der Waals surface area contributed by atoms with E-state index in [0.717, 1.165) is 39.2 Å². The average Bonchev–Trinajstić information content (AvgIpc) is 3.50. The molecule has 11 nitrogen and oxygen atoms in total. The van der Waals surface area contributed by atoms with Crippen molar-refractivity contribution >= 4 is 43.0 Å². The quantitative estimate of drug-likeness (QED) is 0.105. The molecule has 2 amide bonds. The van der Waals surface area contributed by atoms with Crippen molar-refractivity contribution in [2.75, 3.05) is 6.54 Å². The first-order valence-electron chi connectivity index (χ1n) is 16.4. The first-order valence-corrected chi connectivity index (χ1v) is 19.3. The van der Waals surface area contributed by atoms with Gasteiger partial charge in [0.05, 0.1) is 20.8 Å². The zero-order valence-corrected chi connectivity index (χ0v) is 30.4. The first-order chi connectivity index (χ1) is 24.7. The maximum absolute atomic E-state index is 12.9. The second kappa shape index (κ2) is 16.1. The van der Waals surface area contributed by atoms with Crippen molar-refractivity contribution in [1.29, 1.82) is 0 Å².